The summed E-state index contributed by atoms with van der Waals surface area (Å²) in [6.45, 7) is 7.28. The second kappa shape index (κ2) is 7.27. The van der Waals surface area contributed by atoms with E-state index in [9.17, 15) is 13.2 Å². The predicted octanol–water partition coefficient (Wildman–Crippen LogP) is 1.99. The van der Waals surface area contributed by atoms with Crippen LogP contribution in [0.2, 0.25) is 0 Å². The second-order valence-corrected chi connectivity index (χ2v) is 10.6. The van der Waals surface area contributed by atoms with E-state index in [1.807, 2.05) is 4.90 Å². The van der Waals surface area contributed by atoms with E-state index in [1.165, 1.54) is 26.4 Å². The number of benzene rings is 1. The molecule has 1 atom stereocenters. The van der Waals surface area contributed by atoms with Crippen molar-refractivity contribution in [3.05, 3.63) is 23.3 Å². The lowest BCUT2D eigenvalue weighted by molar-refractivity contribution is -0.134. The molecule has 2 fully saturated rings. The molecule has 1 aromatic heterocycles. The van der Waals surface area contributed by atoms with Crippen molar-refractivity contribution < 1.29 is 13.2 Å². The zero-order valence-electron chi connectivity index (χ0n) is 16.5. The van der Waals surface area contributed by atoms with E-state index in [-0.39, 0.29) is 5.91 Å². The van der Waals surface area contributed by atoms with E-state index in [0.29, 0.717) is 26.1 Å². The number of aromatic nitrogens is 1. The zero-order chi connectivity index (χ0) is 20.1. The Kier molecular flexibility index (Phi) is 5.09. The van der Waals surface area contributed by atoms with Crippen LogP contribution >= 0.6 is 11.3 Å². The van der Waals surface area contributed by atoms with E-state index in [0.717, 1.165) is 30.2 Å². The number of carbonyl (C=O) groups is 1. The van der Waals surface area contributed by atoms with Crippen molar-refractivity contribution in [2.75, 3.05) is 43.9 Å². The molecule has 0 bridgehead atoms. The summed E-state index contributed by atoms with van der Waals surface area (Å²) in [4.78, 5) is 21.8. The molecule has 9 heteroatoms. The molecular formula is C19H26N4O3S2. The fraction of sp³-hybridized carbons (Fsp3) is 0.579. The smallest absolute Gasteiger partial charge is 0.241 e. The van der Waals surface area contributed by atoms with Crippen molar-refractivity contribution in [2.45, 2.75) is 32.7 Å². The van der Waals surface area contributed by atoms with Crippen molar-refractivity contribution in [1.82, 2.24) is 14.2 Å². The molecule has 2 aromatic rings. The fourth-order valence-corrected chi connectivity index (χ4v) is 6.26. The Morgan fingerprint density at radius 3 is 2.54 bits per heavy atom. The van der Waals surface area contributed by atoms with Crippen LogP contribution in [0.3, 0.4) is 0 Å². The standard InChI is InChI=1S/C19H26N4O3S2/c1-13-6-7-16-17(14(13)2)20-19(27-16)22-11-9-21(10-12-22)18(24)15-5-4-8-23(15)28(3,25)26/h6-7,15H,4-5,8-12H2,1-3H3. The summed E-state index contributed by atoms with van der Waals surface area (Å²) in [7, 11) is -3.34. The lowest BCUT2D eigenvalue weighted by Crippen LogP contribution is -2.54. The SMILES string of the molecule is Cc1ccc2sc(N3CCN(C(=O)C4CCCN4S(C)(=O)=O)CC3)nc2c1C. The van der Waals surface area contributed by atoms with Gasteiger partial charge in [-0.1, -0.05) is 17.4 Å². The molecule has 0 saturated carbocycles. The Morgan fingerprint density at radius 2 is 1.86 bits per heavy atom. The summed E-state index contributed by atoms with van der Waals surface area (Å²) in [5.74, 6) is -0.0571. The molecule has 3 heterocycles. The molecule has 1 amide bonds. The highest BCUT2D eigenvalue weighted by Gasteiger charge is 2.39. The van der Waals surface area contributed by atoms with Gasteiger partial charge in [0, 0.05) is 32.7 Å². The molecule has 0 N–H and O–H groups in total. The summed E-state index contributed by atoms with van der Waals surface area (Å²) in [5, 5.41) is 0.995. The minimum Gasteiger partial charge on any atom is -0.345 e. The van der Waals surface area contributed by atoms with Gasteiger partial charge in [-0.15, -0.1) is 0 Å². The van der Waals surface area contributed by atoms with Gasteiger partial charge in [-0.25, -0.2) is 13.4 Å². The van der Waals surface area contributed by atoms with Gasteiger partial charge >= 0.3 is 0 Å². The average molecular weight is 423 g/mol. The van der Waals surface area contributed by atoms with Crippen molar-refractivity contribution >= 4 is 42.6 Å². The number of nitrogens with zero attached hydrogens (tertiary/aromatic N) is 4. The largest absolute Gasteiger partial charge is 0.345 e. The van der Waals surface area contributed by atoms with Gasteiger partial charge in [0.2, 0.25) is 15.9 Å². The van der Waals surface area contributed by atoms with Crippen LogP contribution in [0.1, 0.15) is 24.0 Å². The number of carbonyl (C=O) groups excluding carboxylic acids is 1. The Hall–Kier alpha value is -1.71. The maximum Gasteiger partial charge on any atom is 0.241 e. The first-order valence-corrected chi connectivity index (χ1v) is 12.3. The minimum absolute atomic E-state index is 0.0571. The summed E-state index contributed by atoms with van der Waals surface area (Å²) in [6, 6.07) is 3.72. The highest BCUT2D eigenvalue weighted by Crippen LogP contribution is 2.32. The number of piperazine rings is 1. The van der Waals surface area contributed by atoms with Crippen molar-refractivity contribution in [3.8, 4) is 0 Å². The number of fused-ring (bicyclic) bond motifs is 1. The van der Waals surface area contributed by atoms with E-state index in [2.05, 4.69) is 30.9 Å². The van der Waals surface area contributed by atoms with Crippen LogP contribution in [-0.4, -0.2) is 73.5 Å². The molecule has 28 heavy (non-hydrogen) atoms. The molecule has 0 spiro atoms. The third kappa shape index (κ3) is 3.51. The van der Waals surface area contributed by atoms with Crippen LogP contribution in [0, 0.1) is 13.8 Å². The molecule has 4 rings (SSSR count). The maximum atomic E-state index is 12.9. The van der Waals surface area contributed by atoms with E-state index < -0.39 is 16.1 Å². The molecule has 2 aliphatic heterocycles. The normalized spacial score (nSPS) is 21.6. The molecule has 1 unspecified atom stereocenters. The lowest BCUT2D eigenvalue weighted by Gasteiger charge is -2.36. The Labute approximate surface area is 170 Å². The first-order chi connectivity index (χ1) is 13.3. The van der Waals surface area contributed by atoms with Gasteiger partial charge < -0.3 is 9.80 Å². The lowest BCUT2D eigenvalue weighted by atomic mass is 10.1. The first kappa shape index (κ1) is 19.6. The van der Waals surface area contributed by atoms with Crippen LogP contribution in [0.5, 0.6) is 0 Å². The number of aryl methyl sites for hydroxylation is 2. The molecule has 7 nitrogen and oxygen atoms in total. The Bertz CT molecular complexity index is 1010. The second-order valence-electron chi connectivity index (χ2n) is 7.69. The number of sulfonamides is 1. The van der Waals surface area contributed by atoms with Crippen LogP contribution in [0.25, 0.3) is 10.2 Å². The van der Waals surface area contributed by atoms with Gasteiger partial charge in [0.05, 0.1) is 16.5 Å². The quantitative estimate of drug-likeness (QED) is 0.756. The number of thiazole rings is 1. The maximum absolute atomic E-state index is 12.9. The first-order valence-electron chi connectivity index (χ1n) is 9.63. The summed E-state index contributed by atoms with van der Waals surface area (Å²) in [5.41, 5.74) is 3.52. The third-order valence-electron chi connectivity index (χ3n) is 5.85. The number of hydrogen-bond acceptors (Lipinski definition) is 6. The molecular weight excluding hydrogens is 396 g/mol. The molecule has 152 valence electrons. The minimum atomic E-state index is -3.34. The monoisotopic (exact) mass is 422 g/mol. The molecule has 2 aliphatic rings. The van der Waals surface area contributed by atoms with E-state index in [4.69, 9.17) is 4.98 Å². The number of amides is 1. The van der Waals surface area contributed by atoms with Crippen molar-refractivity contribution in [3.63, 3.8) is 0 Å². The third-order valence-corrected chi connectivity index (χ3v) is 8.22. The van der Waals surface area contributed by atoms with Gasteiger partial charge in [-0.05, 0) is 43.9 Å². The van der Waals surface area contributed by atoms with Gasteiger partial charge in [0.1, 0.15) is 6.04 Å². The van der Waals surface area contributed by atoms with Crippen molar-refractivity contribution in [1.29, 1.82) is 0 Å². The molecule has 0 aliphatic carbocycles. The average Bonchev–Trinajstić information content (AvgIpc) is 3.31. The van der Waals surface area contributed by atoms with Gasteiger partial charge in [-0.2, -0.15) is 4.31 Å². The highest BCUT2D eigenvalue weighted by atomic mass is 32.2. The zero-order valence-corrected chi connectivity index (χ0v) is 18.1. The molecule has 1 aromatic carbocycles. The Balaban J connectivity index is 1.45. The molecule has 0 radical (unpaired) electrons. The highest BCUT2D eigenvalue weighted by molar-refractivity contribution is 7.88. The number of hydrogen-bond donors (Lipinski definition) is 0. The summed E-state index contributed by atoms with van der Waals surface area (Å²) < 4.78 is 26.4. The summed E-state index contributed by atoms with van der Waals surface area (Å²) in [6.07, 6.45) is 2.55. The van der Waals surface area contributed by atoms with Crippen LogP contribution in [0.4, 0.5) is 5.13 Å². The van der Waals surface area contributed by atoms with Crippen LogP contribution in [0.15, 0.2) is 12.1 Å². The predicted molar refractivity (Wildman–Crippen MR) is 112 cm³/mol. The van der Waals surface area contributed by atoms with Crippen LogP contribution < -0.4 is 4.90 Å². The Morgan fingerprint density at radius 1 is 1.14 bits per heavy atom. The van der Waals surface area contributed by atoms with Gasteiger partial charge in [-0.3, -0.25) is 4.79 Å². The van der Waals surface area contributed by atoms with E-state index >= 15 is 0 Å². The van der Waals surface area contributed by atoms with E-state index in [1.54, 1.807) is 11.3 Å². The topological polar surface area (TPSA) is 73.8 Å². The van der Waals surface area contributed by atoms with Crippen molar-refractivity contribution in [2.24, 2.45) is 0 Å². The fourth-order valence-electron chi connectivity index (χ4n) is 4.06. The van der Waals surface area contributed by atoms with Crippen LogP contribution in [-0.2, 0) is 14.8 Å². The molecule has 2 saturated heterocycles. The summed E-state index contributed by atoms with van der Waals surface area (Å²) >= 11 is 1.69. The van der Waals surface area contributed by atoms with Gasteiger partial charge in [0.15, 0.2) is 5.13 Å². The number of anilines is 1. The van der Waals surface area contributed by atoms with Gasteiger partial charge in [0.25, 0.3) is 0 Å². The number of rotatable bonds is 3.